The first kappa shape index (κ1) is 24.3. The number of hydrogen-bond acceptors (Lipinski definition) is 3. The molecule has 0 aliphatic carbocycles. The van der Waals surface area contributed by atoms with Gasteiger partial charge in [0, 0.05) is 48.7 Å². The second-order valence-corrected chi connectivity index (χ2v) is 9.10. The van der Waals surface area contributed by atoms with Crippen molar-refractivity contribution < 1.29 is 19.1 Å². The number of benzene rings is 3. The van der Waals surface area contributed by atoms with Gasteiger partial charge < -0.3 is 15.4 Å². The lowest BCUT2D eigenvalue weighted by molar-refractivity contribution is 0.0932. The highest BCUT2D eigenvalue weighted by Crippen LogP contribution is 2.25. The molecule has 8 heteroatoms. The lowest BCUT2D eigenvalue weighted by atomic mass is 10.0. The number of nitrogens with zero attached hydrogens (tertiary/aromatic N) is 1. The van der Waals surface area contributed by atoms with E-state index in [1.807, 2.05) is 42.5 Å². The van der Waals surface area contributed by atoms with Crippen molar-refractivity contribution in [2.75, 3.05) is 13.1 Å². The van der Waals surface area contributed by atoms with Crippen LogP contribution >= 0.6 is 0 Å². The monoisotopic (exact) mass is 498 g/mol. The van der Waals surface area contributed by atoms with Crippen LogP contribution in [0.25, 0.3) is 22.0 Å². The van der Waals surface area contributed by atoms with Crippen molar-refractivity contribution in [3.8, 4) is 11.1 Å². The second-order valence-electron chi connectivity index (χ2n) is 9.10. The van der Waals surface area contributed by atoms with Crippen LogP contribution < -0.4 is 10.6 Å². The summed E-state index contributed by atoms with van der Waals surface area (Å²) in [7, 11) is 0. The van der Waals surface area contributed by atoms with Gasteiger partial charge in [-0.3, -0.25) is 15.0 Å². The van der Waals surface area contributed by atoms with E-state index in [0.717, 1.165) is 27.6 Å². The molecule has 1 unspecified atom stereocenters. The third kappa shape index (κ3) is 5.87. The molecule has 7 nitrogen and oxygen atoms in total. The van der Waals surface area contributed by atoms with Crippen molar-refractivity contribution in [3.05, 3.63) is 108 Å². The Bertz CT molecular complexity index is 1450. The molecule has 2 heterocycles. The van der Waals surface area contributed by atoms with Crippen molar-refractivity contribution in [3.63, 3.8) is 0 Å². The Morgan fingerprint density at radius 1 is 1.00 bits per heavy atom. The molecule has 1 aromatic heterocycles. The first-order valence-corrected chi connectivity index (χ1v) is 12.1. The maximum absolute atomic E-state index is 13.3. The Morgan fingerprint density at radius 2 is 1.76 bits per heavy atom. The first-order valence-electron chi connectivity index (χ1n) is 12.1. The fraction of sp³-hybridized carbons (Fsp3) is 0.172. The third-order valence-electron chi connectivity index (χ3n) is 6.54. The van der Waals surface area contributed by atoms with E-state index in [1.54, 1.807) is 18.2 Å². The number of hydrogen-bond donors (Lipinski definition) is 4. The van der Waals surface area contributed by atoms with E-state index in [-0.39, 0.29) is 17.8 Å². The summed E-state index contributed by atoms with van der Waals surface area (Å²) in [5.74, 6) is -0.532. The largest absolute Gasteiger partial charge is 0.465 e. The number of rotatable bonds is 7. The van der Waals surface area contributed by atoms with Crippen LogP contribution in [0.4, 0.5) is 9.18 Å². The number of carbonyl (C=O) groups is 2. The second kappa shape index (κ2) is 10.7. The van der Waals surface area contributed by atoms with Gasteiger partial charge in [0.1, 0.15) is 11.5 Å². The van der Waals surface area contributed by atoms with Gasteiger partial charge in [-0.1, -0.05) is 54.6 Å². The van der Waals surface area contributed by atoms with E-state index in [2.05, 4.69) is 32.7 Å². The van der Waals surface area contributed by atoms with Crippen molar-refractivity contribution in [2.45, 2.75) is 19.0 Å². The van der Waals surface area contributed by atoms with Crippen LogP contribution in [-0.2, 0) is 6.54 Å². The van der Waals surface area contributed by atoms with Crippen molar-refractivity contribution >= 4 is 22.9 Å². The average Bonchev–Trinajstić information content (AvgIpc) is 3.33. The molecule has 2 amide bonds. The molecular weight excluding hydrogens is 471 g/mol. The van der Waals surface area contributed by atoms with Crippen LogP contribution in [0.1, 0.15) is 22.5 Å². The van der Waals surface area contributed by atoms with Crippen LogP contribution in [0, 0.1) is 5.82 Å². The van der Waals surface area contributed by atoms with Crippen molar-refractivity contribution in [1.82, 2.24) is 20.5 Å². The Labute approximate surface area is 213 Å². The van der Waals surface area contributed by atoms with Gasteiger partial charge >= 0.3 is 6.09 Å². The maximum atomic E-state index is 13.3. The zero-order valence-corrected chi connectivity index (χ0v) is 20.1. The Morgan fingerprint density at radius 3 is 2.51 bits per heavy atom. The minimum absolute atomic E-state index is 0.172. The van der Waals surface area contributed by atoms with E-state index < -0.39 is 6.09 Å². The van der Waals surface area contributed by atoms with Crippen LogP contribution in [0.5, 0.6) is 0 Å². The molecule has 5 rings (SSSR count). The third-order valence-corrected chi connectivity index (χ3v) is 6.54. The molecule has 0 bridgehead atoms. The molecule has 1 aliphatic heterocycles. The molecule has 1 aliphatic rings. The molecule has 1 atom stereocenters. The minimum Gasteiger partial charge on any atom is -0.465 e. The maximum Gasteiger partial charge on any atom is 0.408 e. The zero-order valence-electron chi connectivity index (χ0n) is 20.1. The molecule has 0 fully saturated rings. The molecule has 0 saturated carbocycles. The van der Waals surface area contributed by atoms with Crippen molar-refractivity contribution in [1.29, 1.82) is 0 Å². The van der Waals surface area contributed by atoms with E-state index >= 15 is 0 Å². The van der Waals surface area contributed by atoms with Gasteiger partial charge in [0.15, 0.2) is 0 Å². The van der Waals surface area contributed by atoms with Gasteiger partial charge in [-0.2, -0.15) is 0 Å². The number of fused-ring (bicyclic) bond motifs is 1. The fourth-order valence-corrected chi connectivity index (χ4v) is 4.66. The van der Waals surface area contributed by atoms with Gasteiger partial charge in [0.25, 0.3) is 5.91 Å². The molecule has 4 aromatic rings. The first-order chi connectivity index (χ1) is 17.9. The molecule has 0 saturated heterocycles. The molecule has 188 valence electrons. The van der Waals surface area contributed by atoms with Gasteiger partial charge in [-0.15, -0.1) is 0 Å². The summed E-state index contributed by atoms with van der Waals surface area (Å²) in [5, 5.41) is 15.5. The molecule has 4 N–H and O–H groups in total. The zero-order chi connectivity index (χ0) is 25.8. The summed E-state index contributed by atoms with van der Waals surface area (Å²) in [6.45, 7) is 1.68. The van der Waals surface area contributed by atoms with E-state index in [4.69, 9.17) is 5.11 Å². The van der Waals surface area contributed by atoms with E-state index in [1.165, 1.54) is 12.1 Å². The predicted octanol–water partition coefficient (Wildman–Crippen LogP) is 5.13. The van der Waals surface area contributed by atoms with Gasteiger partial charge in [0.2, 0.25) is 0 Å². The summed E-state index contributed by atoms with van der Waals surface area (Å²) in [6, 6.07) is 23.8. The van der Waals surface area contributed by atoms with E-state index in [0.29, 0.717) is 37.4 Å². The quantitative estimate of drug-likeness (QED) is 0.284. The SMILES string of the molecule is O=C(O)NC1=CC(CNC(=O)c2cc3ccc(-c4ccc(F)cc4)cc3[nH]2)N(Cc2ccccc2)CC1. The number of aromatic nitrogens is 1. The van der Waals surface area contributed by atoms with Gasteiger partial charge in [0.05, 0.1) is 0 Å². The molecule has 0 spiro atoms. The molecule has 3 aromatic carbocycles. The van der Waals surface area contributed by atoms with Crippen LogP contribution in [0.2, 0.25) is 0 Å². The normalized spacial score (nSPS) is 15.8. The van der Waals surface area contributed by atoms with Crippen LogP contribution in [-0.4, -0.2) is 46.1 Å². The standard InChI is InChI=1S/C29H27FN4O3/c30-23-10-8-20(9-11-23)21-6-7-22-15-27(33-26(22)14-21)28(35)31-17-25-16-24(32-29(36)37)12-13-34(25)18-19-4-2-1-3-5-19/h1-11,14-16,25,32-33H,12-13,17-18H2,(H,31,35)(H,36,37). The number of amides is 2. The summed E-state index contributed by atoms with van der Waals surface area (Å²) >= 11 is 0. The summed E-state index contributed by atoms with van der Waals surface area (Å²) in [5.41, 5.74) is 4.83. The fourth-order valence-electron chi connectivity index (χ4n) is 4.66. The Balaban J connectivity index is 1.30. The highest BCUT2D eigenvalue weighted by molar-refractivity contribution is 5.98. The smallest absolute Gasteiger partial charge is 0.408 e. The molecular formula is C29H27FN4O3. The Hall–Kier alpha value is -4.43. The lowest BCUT2D eigenvalue weighted by Crippen LogP contribution is -2.46. The number of carboxylic acid groups (broad SMARTS) is 1. The summed E-state index contributed by atoms with van der Waals surface area (Å²) < 4.78 is 13.3. The molecule has 0 radical (unpaired) electrons. The van der Waals surface area contributed by atoms with Gasteiger partial charge in [-0.25, -0.2) is 9.18 Å². The topological polar surface area (TPSA) is 97.5 Å². The average molecular weight is 499 g/mol. The lowest BCUT2D eigenvalue weighted by Gasteiger charge is -2.34. The number of aromatic amines is 1. The van der Waals surface area contributed by atoms with E-state index in [9.17, 15) is 14.0 Å². The van der Waals surface area contributed by atoms with Crippen LogP contribution in [0.3, 0.4) is 0 Å². The highest BCUT2D eigenvalue weighted by atomic mass is 19.1. The number of nitrogens with one attached hydrogen (secondary N) is 3. The highest BCUT2D eigenvalue weighted by Gasteiger charge is 2.24. The number of H-pyrrole nitrogens is 1. The minimum atomic E-state index is -1.09. The summed E-state index contributed by atoms with van der Waals surface area (Å²) in [4.78, 5) is 29.6. The number of carbonyl (C=O) groups excluding carboxylic acids is 1. The number of halogens is 1. The summed E-state index contributed by atoms with van der Waals surface area (Å²) in [6.07, 6.45) is 1.37. The molecule has 37 heavy (non-hydrogen) atoms. The van der Waals surface area contributed by atoms with Crippen LogP contribution in [0.15, 0.2) is 90.6 Å². The van der Waals surface area contributed by atoms with Crippen molar-refractivity contribution in [2.24, 2.45) is 0 Å². The Kier molecular flexibility index (Phi) is 7.00. The van der Waals surface area contributed by atoms with Gasteiger partial charge in [-0.05, 0) is 47.0 Å². The predicted molar refractivity (Wildman–Crippen MR) is 141 cm³/mol.